The first-order valence-corrected chi connectivity index (χ1v) is 6.90. The molecule has 0 fully saturated rings. The van der Waals surface area contributed by atoms with Gasteiger partial charge in [-0.25, -0.2) is 4.79 Å². The Morgan fingerprint density at radius 2 is 2.10 bits per heavy atom. The Hall–Kier alpha value is -1.24. The molecule has 1 N–H and O–H groups in total. The lowest BCUT2D eigenvalue weighted by Gasteiger charge is -2.14. The lowest BCUT2D eigenvalue weighted by Crippen LogP contribution is -2.25. The Balaban J connectivity index is 2.66. The molecule has 1 aromatic rings. The van der Waals surface area contributed by atoms with Crippen molar-refractivity contribution in [3.63, 3.8) is 0 Å². The molecule has 3 nitrogen and oxygen atoms in total. The van der Waals surface area contributed by atoms with Crippen LogP contribution in [0.25, 0.3) is 0 Å². The molecule has 0 radical (unpaired) electrons. The van der Waals surface area contributed by atoms with Crippen molar-refractivity contribution in [1.29, 1.82) is 0 Å². The zero-order valence-corrected chi connectivity index (χ0v) is 12.5. The number of hydrogen-bond donors (Lipinski definition) is 1. The van der Waals surface area contributed by atoms with E-state index in [-0.39, 0.29) is 18.7 Å². The van der Waals surface area contributed by atoms with Crippen molar-refractivity contribution < 1.29 is 22.7 Å². The van der Waals surface area contributed by atoms with Gasteiger partial charge in [-0.2, -0.15) is 13.2 Å². The minimum atomic E-state index is -4.47. The van der Waals surface area contributed by atoms with Crippen LogP contribution in [0.5, 0.6) is 0 Å². The van der Waals surface area contributed by atoms with Crippen molar-refractivity contribution in [2.75, 3.05) is 6.61 Å². The van der Waals surface area contributed by atoms with Crippen LogP contribution in [0.3, 0.4) is 0 Å². The number of alkyl carbamates (subject to hydrolysis) is 1. The van der Waals surface area contributed by atoms with E-state index in [1.165, 1.54) is 12.1 Å². The van der Waals surface area contributed by atoms with E-state index in [0.29, 0.717) is 4.47 Å². The van der Waals surface area contributed by atoms with Gasteiger partial charge < -0.3 is 10.1 Å². The van der Waals surface area contributed by atoms with Gasteiger partial charge in [-0.1, -0.05) is 35.3 Å². The number of unbranched alkanes of at least 4 members (excludes halogenated alkanes) is 1. The highest BCUT2D eigenvalue weighted by atomic mass is 79.9. The van der Waals surface area contributed by atoms with Gasteiger partial charge in [-0.3, -0.25) is 0 Å². The van der Waals surface area contributed by atoms with E-state index in [0.717, 1.165) is 18.9 Å². The molecular formula is C13H15BrF3NO2. The monoisotopic (exact) mass is 353 g/mol. The van der Waals surface area contributed by atoms with Crippen molar-refractivity contribution in [2.24, 2.45) is 0 Å². The molecule has 0 aliphatic carbocycles. The summed E-state index contributed by atoms with van der Waals surface area (Å²) < 4.78 is 43.7. The number of halogens is 4. The van der Waals surface area contributed by atoms with E-state index in [9.17, 15) is 18.0 Å². The standard InChI is InChI=1S/C13H15BrF3NO2/c1-2-3-6-20-12(19)18-8-9-4-5-10(14)7-11(9)13(15,16)17/h4-5,7H,2-3,6,8H2,1H3,(H,18,19). The van der Waals surface area contributed by atoms with Gasteiger partial charge >= 0.3 is 12.3 Å². The van der Waals surface area contributed by atoms with Crippen LogP contribution in [-0.2, 0) is 17.5 Å². The fraction of sp³-hybridized carbons (Fsp3) is 0.462. The summed E-state index contributed by atoms with van der Waals surface area (Å²) in [5, 5.41) is 2.31. The van der Waals surface area contributed by atoms with E-state index in [2.05, 4.69) is 21.2 Å². The smallest absolute Gasteiger partial charge is 0.416 e. The number of rotatable bonds is 5. The molecule has 112 valence electrons. The van der Waals surface area contributed by atoms with Crippen LogP contribution in [0, 0.1) is 0 Å². The first-order chi connectivity index (χ1) is 9.34. The Morgan fingerprint density at radius 1 is 1.40 bits per heavy atom. The summed E-state index contributed by atoms with van der Waals surface area (Å²) >= 11 is 3.00. The SMILES string of the molecule is CCCCOC(=O)NCc1ccc(Br)cc1C(F)(F)F. The molecule has 0 unspecified atom stereocenters. The van der Waals surface area contributed by atoms with Crippen LogP contribution in [-0.4, -0.2) is 12.7 Å². The molecule has 20 heavy (non-hydrogen) atoms. The number of carbonyl (C=O) groups excluding carboxylic acids is 1. The van der Waals surface area contributed by atoms with Crippen LogP contribution in [0.2, 0.25) is 0 Å². The Labute approximate surface area is 123 Å². The number of amides is 1. The third kappa shape index (κ3) is 5.40. The topological polar surface area (TPSA) is 38.3 Å². The summed E-state index contributed by atoms with van der Waals surface area (Å²) in [7, 11) is 0. The molecule has 0 bridgehead atoms. The van der Waals surface area contributed by atoms with E-state index in [1.807, 2.05) is 6.92 Å². The summed E-state index contributed by atoms with van der Waals surface area (Å²) in [5.74, 6) is 0. The van der Waals surface area contributed by atoms with Gasteiger partial charge in [0, 0.05) is 11.0 Å². The fourth-order valence-corrected chi connectivity index (χ4v) is 1.86. The quantitative estimate of drug-likeness (QED) is 0.791. The molecule has 1 aromatic carbocycles. The summed E-state index contributed by atoms with van der Waals surface area (Å²) in [6.45, 7) is 1.97. The van der Waals surface area contributed by atoms with Crippen LogP contribution in [0.1, 0.15) is 30.9 Å². The minimum Gasteiger partial charge on any atom is -0.450 e. The molecule has 0 aliphatic rings. The van der Waals surface area contributed by atoms with Crippen LogP contribution in [0.4, 0.5) is 18.0 Å². The average molecular weight is 354 g/mol. The first kappa shape index (κ1) is 16.8. The van der Waals surface area contributed by atoms with Gasteiger partial charge in [0.25, 0.3) is 0 Å². The number of alkyl halides is 3. The molecular weight excluding hydrogens is 339 g/mol. The maximum absolute atomic E-state index is 12.8. The molecule has 0 heterocycles. The van der Waals surface area contributed by atoms with E-state index < -0.39 is 17.8 Å². The zero-order chi connectivity index (χ0) is 15.2. The normalized spacial score (nSPS) is 11.2. The van der Waals surface area contributed by atoms with Crippen molar-refractivity contribution in [3.05, 3.63) is 33.8 Å². The first-order valence-electron chi connectivity index (χ1n) is 6.11. The highest BCUT2D eigenvalue weighted by Gasteiger charge is 2.33. The minimum absolute atomic E-state index is 0.00635. The Kier molecular flexibility index (Phi) is 6.32. The second-order valence-electron chi connectivity index (χ2n) is 4.14. The predicted octanol–water partition coefficient (Wildman–Crippen LogP) is 4.49. The number of ether oxygens (including phenoxy) is 1. The van der Waals surface area contributed by atoms with Crippen molar-refractivity contribution in [2.45, 2.75) is 32.5 Å². The Bertz CT molecular complexity index is 463. The molecule has 0 spiro atoms. The van der Waals surface area contributed by atoms with Crippen molar-refractivity contribution in [1.82, 2.24) is 5.32 Å². The molecule has 0 aromatic heterocycles. The second-order valence-corrected chi connectivity index (χ2v) is 5.06. The Morgan fingerprint density at radius 3 is 2.70 bits per heavy atom. The van der Waals surface area contributed by atoms with Gasteiger partial charge in [-0.05, 0) is 24.1 Å². The molecule has 0 saturated heterocycles. The van der Waals surface area contributed by atoms with Gasteiger partial charge in [0.15, 0.2) is 0 Å². The molecule has 7 heteroatoms. The van der Waals surface area contributed by atoms with E-state index >= 15 is 0 Å². The van der Waals surface area contributed by atoms with E-state index in [4.69, 9.17) is 4.74 Å². The van der Waals surface area contributed by atoms with Gasteiger partial charge in [0.05, 0.1) is 12.2 Å². The number of carbonyl (C=O) groups is 1. The zero-order valence-electron chi connectivity index (χ0n) is 10.9. The van der Waals surface area contributed by atoms with Crippen LogP contribution >= 0.6 is 15.9 Å². The van der Waals surface area contributed by atoms with Gasteiger partial charge in [-0.15, -0.1) is 0 Å². The average Bonchev–Trinajstić information content (AvgIpc) is 2.36. The maximum atomic E-state index is 12.8. The molecule has 0 aliphatic heterocycles. The lowest BCUT2D eigenvalue weighted by molar-refractivity contribution is -0.138. The fourth-order valence-electron chi connectivity index (χ4n) is 1.49. The van der Waals surface area contributed by atoms with E-state index in [1.54, 1.807) is 0 Å². The molecule has 1 amide bonds. The second kappa shape index (κ2) is 7.52. The van der Waals surface area contributed by atoms with Crippen LogP contribution in [0.15, 0.2) is 22.7 Å². The summed E-state index contributed by atoms with van der Waals surface area (Å²) in [6.07, 6.45) is -3.58. The predicted molar refractivity (Wildman–Crippen MR) is 72.2 cm³/mol. The summed E-state index contributed by atoms with van der Waals surface area (Å²) in [5.41, 5.74) is -0.783. The maximum Gasteiger partial charge on any atom is 0.416 e. The van der Waals surface area contributed by atoms with Crippen LogP contribution < -0.4 is 5.32 Å². The third-order valence-electron chi connectivity index (χ3n) is 2.53. The summed E-state index contributed by atoms with van der Waals surface area (Å²) in [4.78, 5) is 11.3. The highest BCUT2D eigenvalue weighted by molar-refractivity contribution is 9.10. The summed E-state index contributed by atoms with van der Waals surface area (Å²) in [6, 6.07) is 3.80. The number of benzene rings is 1. The van der Waals surface area contributed by atoms with Gasteiger partial charge in [0.1, 0.15) is 0 Å². The lowest BCUT2D eigenvalue weighted by atomic mass is 10.1. The molecule has 0 saturated carbocycles. The number of hydrogen-bond acceptors (Lipinski definition) is 2. The van der Waals surface area contributed by atoms with Gasteiger partial charge in [0.2, 0.25) is 0 Å². The number of nitrogens with one attached hydrogen (secondary N) is 1. The van der Waals surface area contributed by atoms with Crippen molar-refractivity contribution in [3.8, 4) is 0 Å². The van der Waals surface area contributed by atoms with Crippen molar-refractivity contribution >= 4 is 22.0 Å². The largest absolute Gasteiger partial charge is 0.450 e. The highest BCUT2D eigenvalue weighted by Crippen LogP contribution is 2.33. The third-order valence-corrected chi connectivity index (χ3v) is 3.02. The molecule has 0 atom stereocenters. The molecule has 1 rings (SSSR count).